The molecule has 114 valence electrons. The zero-order valence-corrected chi connectivity index (χ0v) is 11.9. The van der Waals surface area contributed by atoms with Gasteiger partial charge in [-0.3, -0.25) is 9.59 Å². The van der Waals surface area contributed by atoms with Gasteiger partial charge < -0.3 is 25.8 Å². The van der Waals surface area contributed by atoms with Gasteiger partial charge in [0.25, 0.3) is 5.91 Å². The molecule has 1 aromatic carbocycles. The quantitative estimate of drug-likeness (QED) is 0.759. The Morgan fingerprint density at radius 3 is 2.86 bits per heavy atom. The summed E-state index contributed by atoms with van der Waals surface area (Å²) < 4.78 is 10.5. The van der Waals surface area contributed by atoms with Gasteiger partial charge in [-0.25, -0.2) is 0 Å². The summed E-state index contributed by atoms with van der Waals surface area (Å²) in [5.74, 6) is -0.346. The number of nitrogens with zero attached hydrogens (tertiary/aromatic N) is 1. The third-order valence-corrected chi connectivity index (χ3v) is 3.27. The summed E-state index contributed by atoms with van der Waals surface area (Å²) in [7, 11) is 0. The van der Waals surface area contributed by atoms with Crippen molar-refractivity contribution < 1.29 is 19.1 Å². The van der Waals surface area contributed by atoms with Gasteiger partial charge in [0.2, 0.25) is 5.91 Å². The highest BCUT2D eigenvalue weighted by atomic mass is 16.5. The Morgan fingerprint density at radius 2 is 2.24 bits per heavy atom. The van der Waals surface area contributed by atoms with Crippen LogP contribution < -0.4 is 16.2 Å². The number of carbonyl (C=O) groups is 2. The van der Waals surface area contributed by atoms with E-state index in [9.17, 15) is 9.59 Å². The van der Waals surface area contributed by atoms with Gasteiger partial charge in [0.05, 0.1) is 25.5 Å². The Balaban J connectivity index is 2.22. The van der Waals surface area contributed by atoms with Gasteiger partial charge in [-0.15, -0.1) is 0 Å². The lowest BCUT2D eigenvalue weighted by molar-refractivity contribution is -0.127. The molecule has 1 fully saturated rings. The molecule has 21 heavy (non-hydrogen) atoms. The fourth-order valence-electron chi connectivity index (χ4n) is 2.22. The van der Waals surface area contributed by atoms with E-state index in [0.29, 0.717) is 36.8 Å². The zero-order chi connectivity index (χ0) is 15.4. The molecule has 1 aliphatic heterocycles. The topological polar surface area (TPSA) is 108 Å². The van der Waals surface area contributed by atoms with Gasteiger partial charge in [-0.1, -0.05) is 0 Å². The molecule has 1 aromatic rings. The maximum Gasteiger partial charge on any atom is 0.254 e. The maximum atomic E-state index is 12.5. The molecule has 0 spiro atoms. The SMILES string of the molecule is CCOc1ccc(C(=O)N2CCOCC2C(N)=O)cc1N. The van der Waals surface area contributed by atoms with Crippen LogP contribution >= 0.6 is 0 Å². The molecule has 0 aromatic heterocycles. The van der Waals surface area contributed by atoms with Crippen LogP contribution in [0.5, 0.6) is 5.75 Å². The minimum absolute atomic E-state index is 0.119. The van der Waals surface area contributed by atoms with Crippen LogP contribution in [0.2, 0.25) is 0 Å². The normalized spacial score (nSPS) is 18.3. The van der Waals surface area contributed by atoms with Gasteiger partial charge in [0.15, 0.2) is 0 Å². The van der Waals surface area contributed by atoms with Gasteiger partial charge in [0, 0.05) is 12.1 Å². The summed E-state index contributed by atoms with van der Waals surface area (Å²) in [6.45, 7) is 3.16. The third-order valence-electron chi connectivity index (χ3n) is 3.27. The fraction of sp³-hybridized carbons (Fsp3) is 0.429. The molecule has 4 N–H and O–H groups in total. The molecule has 1 atom stereocenters. The van der Waals surface area contributed by atoms with Gasteiger partial charge in [-0.2, -0.15) is 0 Å². The summed E-state index contributed by atoms with van der Waals surface area (Å²) in [6.07, 6.45) is 0. The minimum Gasteiger partial charge on any atom is -0.492 e. The first-order valence-electron chi connectivity index (χ1n) is 6.75. The van der Waals surface area contributed by atoms with Crippen LogP contribution in [0.4, 0.5) is 5.69 Å². The summed E-state index contributed by atoms with van der Waals surface area (Å²) in [5, 5.41) is 0. The van der Waals surface area contributed by atoms with Crippen molar-refractivity contribution >= 4 is 17.5 Å². The van der Waals surface area contributed by atoms with E-state index in [-0.39, 0.29) is 12.5 Å². The van der Waals surface area contributed by atoms with Crippen LogP contribution in [0.1, 0.15) is 17.3 Å². The number of ether oxygens (including phenoxy) is 2. The molecule has 0 aliphatic carbocycles. The highest BCUT2D eigenvalue weighted by Crippen LogP contribution is 2.24. The monoisotopic (exact) mass is 293 g/mol. The second kappa shape index (κ2) is 6.45. The number of nitrogens with two attached hydrogens (primary N) is 2. The average Bonchev–Trinajstić information content (AvgIpc) is 2.48. The van der Waals surface area contributed by atoms with Crippen LogP contribution in [0.3, 0.4) is 0 Å². The second-order valence-corrected chi connectivity index (χ2v) is 4.68. The summed E-state index contributed by atoms with van der Waals surface area (Å²) in [6, 6.07) is 4.06. The highest BCUT2D eigenvalue weighted by molar-refractivity contribution is 5.98. The molecular formula is C14H19N3O4. The van der Waals surface area contributed by atoms with Gasteiger partial charge in [-0.05, 0) is 25.1 Å². The first kappa shape index (κ1) is 15.1. The molecule has 1 aliphatic rings. The van der Waals surface area contributed by atoms with Crippen molar-refractivity contribution in [2.45, 2.75) is 13.0 Å². The smallest absolute Gasteiger partial charge is 0.254 e. The second-order valence-electron chi connectivity index (χ2n) is 4.68. The molecule has 1 unspecified atom stereocenters. The van der Waals surface area contributed by atoms with Crippen LogP contribution in [0.15, 0.2) is 18.2 Å². The number of benzene rings is 1. The van der Waals surface area contributed by atoms with Crippen molar-refractivity contribution in [1.29, 1.82) is 0 Å². The molecule has 0 saturated carbocycles. The Bertz CT molecular complexity index is 547. The van der Waals surface area contributed by atoms with Crippen molar-refractivity contribution in [1.82, 2.24) is 4.90 Å². The lowest BCUT2D eigenvalue weighted by Crippen LogP contribution is -2.54. The molecule has 2 amide bonds. The number of nitrogen functional groups attached to an aromatic ring is 1. The van der Waals surface area contributed by atoms with E-state index in [1.54, 1.807) is 18.2 Å². The Morgan fingerprint density at radius 1 is 1.48 bits per heavy atom. The van der Waals surface area contributed by atoms with E-state index in [1.165, 1.54) is 4.90 Å². The van der Waals surface area contributed by atoms with Crippen molar-refractivity contribution in [3.63, 3.8) is 0 Å². The molecular weight excluding hydrogens is 274 g/mol. The predicted molar refractivity (Wildman–Crippen MR) is 76.9 cm³/mol. The van der Waals surface area contributed by atoms with Gasteiger partial charge in [0.1, 0.15) is 11.8 Å². The Kier molecular flexibility index (Phi) is 4.64. The maximum absolute atomic E-state index is 12.5. The number of hydrogen-bond donors (Lipinski definition) is 2. The van der Waals surface area contributed by atoms with E-state index >= 15 is 0 Å². The van der Waals surface area contributed by atoms with Crippen molar-refractivity contribution in [2.24, 2.45) is 5.73 Å². The van der Waals surface area contributed by atoms with Crippen molar-refractivity contribution in [3.8, 4) is 5.75 Å². The third kappa shape index (κ3) is 3.25. The molecule has 7 heteroatoms. The predicted octanol–water partition coefficient (Wildman–Crippen LogP) is -0.00620. The van der Waals surface area contributed by atoms with Crippen LogP contribution in [-0.4, -0.2) is 49.1 Å². The van der Waals surface area contributed by atoms with E-state index in [1.807, 2.05) is 6.92 Å². The van der Waals surface area contributed by atoms with Crippen LogP contribution in [0, 0.1) is 0 Å². The first-order valence-corrected chi connectivity index (χ1v) is 6.75. The van der Waals surface area contributed by atoms with E-state index < -0.39 is 11.9 Å². The number of hydrogen-bond acceptors (Lipinski definition) is 5. The summed E-state index contributed by atoms with van der Waals surface area (Å²) >= 11 is 0. The molecule has 2 rings (SSSR count). The highest BCUT2D eigenvalue weighted by Gasteiger charge is 2.32. The summed E-state index contributed by atoms with van der Waals surface area (Å²) in [5.41, 5.74) is 11.9. The summed E-state index contributed by atoms with van der Waals surface area (Å²) in [4.78, 5) is 25.3. The molecule has 0 bridgehead atoms. The Hall–Kier alpha value is -2.28. The first-order chi connectivity index (χ1) is 10.0. The van der Waals surface area contributed by atoms with Crippen LogP contribution in [0.25, 0.3) is 0 Å². The van der Waals surface area contributed by atoms with Crippen LogP contribution in [-0.2, 0) is 9.53 Å². The lowest BCUT2D eigenvalue weighted by Gasteiger charge is -2.33. The standard InChI is InChI=1S/C14H19N3O4/c1-2-21-12-4-3-9(7-10(12)15)14(19)17-5-6-20-8-11(17)13(16)18/h3-4,7,11H,2,5-6,8,15H2,1H3,(H2,16,18). The number of rotatable bonds is 4. The Labute approximate surface area is 122 Å². The van der Waals surface area contributed by atoms with E-state index in [4.69, 9.17) is 20.9 Å². The largest absolute Gasteiger partial charge is 0.492 e. The molecule has 1 saturated heterocycles. The fourth-order valence-corrected chi connectivity index (χ4v) is 2.22. The minimum atomic E-state index is -0.751. The number of morpholine rings is 1. The van der Waals surface area contributed by atoms with Crippen molar-refractivity contribution in [2.75, 3.05) is 32.1 Å². The average molecular weight is 293 g/mol. The number of carbonyl (C=O) groups excluding carboxylic acids is 2. The van der Waals surface area contributed by atoms with Crippen molar-refractivity contribution in [3.05, 3.63) is 23.8 Å². The lowest BCUT2D eigenvalue weighted by atomic mass is 10.1. The van der Waals surface area contributed by atoms with E-state index in [2.05, 4.69) is 0 Å². The number of anilines is 1. The number of amides is 2. The zero-order valence-electron chi connectivity index (χ0n) is 11.9. The van der Waals surface area contributed by atoms with Gasteiger partial charge >= 0.3 is 0 Å². The van der Waals surface area contributed by atoms with E-state index in [0.717, 1.165) is 0 Å². The number of primary amides is 1. The molecule has 7 nitrogen and oxygen atoms in total. The molecule has 1 heterocycles. The molecule has 0 radical (unpaired) electrons.